The lowest BCUT2D eigenvalue weighted by Crippen LogP contribution is -2.06. The normalized spacial score (nSPS) is 16.0. The molecule has 0 radical (unpaired) electrons. The smallest absolute Gasteiger partial charge is 0.173 e. The topological polar surface area (TPSA) is 9.23 Å². The zero-order valence-electron chi connectivity index (χ0n) is 7.98. The predicted octanol–water partition coefficient (Wildman–Crippen LogP) is 1.02. The highest BCUT2D eigenvalue weighted by Gasteiger charge is 1.91. The van der Waals surface area contributed by atoms with Gasteiger partial charge in [-0.15, -0.1) is 0 Å². The molecule has 0 aromatic rings. The maximum Gasteiger partial charge on any atom is 0.173 e. The largest absolute Gasteiger partial charge is 0.458 e. The SMILES string of the molecule is CC=C(C)[SiH2]O[SiH2]C(C)=CC. The third-order valence-electron chi connectivity index (χ3n) is 1.65. The molecule has 0 aromatic carbocycles. The van der Waals surface area contributed by atoms with E-state index in [-0.39, 0.29) is 19.5 Å². The van der Waals surface area contributed by atoms with Crippen molar-refractivity contribution < 1.29 is 4.12 Å². The Bertz CT molecular complexity index is 143. The average molecular weight is 186 g/mol. The van der Waals surface area contributed by atoms with Crippen LogP contribution in [0.5, 0.6) is 0 Å². The molecule has 11 heavy (non-hydrogen) atoms. The lowest BCUT2D eigenvalue weighted by Gasteiger charge is -2.02. The molecule has 0 saturated carbocycles. The summed E-state index contributed by atoms with van der Waals surface area (Å²) in [5.74, 6) is 0. The van der Waals surface area contributed by atoms with E-state index in [4.69, 9.17) is 4.12 Å². The zero-order valence-corrected chi connectivity index (χ0v) is 10.8. The number of allylic oxidation sites excluding steroid dienone is 4. The van der Waals surface area contributed by atoms with Gasteiger partial charge in [0.25, 0.3) is 0 Å². The Kier molecular flexibility index (Phi) is 6.50. The van der Waals surface area contributed by atoms with Gasteiger partial charge in [-0.05, 0) is 27.7 Å². The van der Waals surface area contributed by atoms with Crippen molar-refractivity contribution >= 4 is 19.5 Å². The van der Waals surface area contributed by atoms with Gasteiger partial charge < -0.3 is 4.12 Å². The van der Waals surface area contributed by atoms with E-state index in [9.17, 15) is 0 Å². The van der Waals surface area contributed by atoms with Gasteiger partial charge in [-0.2, -0.15) is 0 Å². The monoisotopic (exact) mass is 186 g/mol. The molecule has 0 aromatic heterocycles. The van der Waals surface area contributed by atoms with Gasteiger partial charge in [0.05, 0.1) is 0 Å². The van der Waals surface area contributed by atoms with E-state index in [0.29, 0.717) is 0 Å². The predicted molar refractivity (Wildman–Crippen MR) is 57.0 cm³/mol. The molecule has 0 fully saturated rings. The van der Waals surface area contributed by atoms with E-state index >= 15 is 0 Å². The van der Waals surface area contributed by atoms with Crippen LogP contribution in [-0.2, 0) is 4.12 Å². The van der Waals surface area contributed by atoms with Crippen LogP contribution < -0.4 is 0 Å². The van der Waals surface area contributed by atoms with Crippen molar-refractivity contribution in [2.75, 3.05) is 0 Å². The van der Waals surface area contributed by atoms with Crippen molar-refractivity contribution in [3.63, 3.8) is 0 Å². The second kappa shape index (κ2) is 6.58. The van der Waals surface area contributed by atoms with Gasteiger partial charge in [-0.1, -0.05) is 22.5 Å². The van der Waals surface area contributed by atoms with Crippen LogP contribution in [0.3, 0.4) is 0 Å². The van der Waals surface area contributed by atoms with Gasteiger partial charge in [0.1, 0.15) is 0 Å². The van der Waals surface area contributed by atoms with E-state index in [1.54, 1.807) is 0 Å². The summed E-state index contributed by atoms with van der Waals surface area (Å²) in [7, 11) is -0.669. The fraction of sp³-hybridized carbons (Fsp3) is 0.500. The number of rotatable bonds is 4. The Balaban J connectivity index is 3.43. The summed E-state index contributed by atoms with van der Waals surface area (Å²) in [5.41, 5.74) is 0. The average Bonchev–Trinajstić information content (AvgIpc) is 2.04. The van der Waals surface area contributed by atoms with Crippen molar-refractivity contribution in [3.8, 4) is 0 Å². The van der Waals surface area contributed by atoms with E-state index in [0.717, 1.165) is 0 Å². The summed E-state index contributed by atoms with van der Waals surface area (Å²) >= 11 is 0. The van der Waals surface area contributed by atoms with Crippen LogP contribution in [0.25, 0.3) is 0 Å². The highest BCUT2D eigenvalue weighted by molar-refractivity contribution is 6.51. The zero-order chi connectivity index (χ0) is 8.69. The van der Waals surface area contributed by atoms with Crippen LogP contribution in [0.1, 0.15) is 27.7 Å². The van der Waals surface area contributed by atoms with Gasteiger partial charge >= 0.3 is 0 Å². The molecular weight excluding hydrogens is 168 g/mol. The molecule has 0 rings (SSSR count). The molecule has 0 atom stereocenters. The fourth-order valence-electron chi connectivity index (χ4n) is 0.540. The summed E-state index contributed by atoms with van der Waals surface area (Å²) in [6, 6.07) is 0. The van der Waals surface area contributed by atoms with Gasteiger partial charge in [0.2, 0.25) is 0 Å². The quantitative estimate of drug-likeness (QED) is 0.596. The van der Waals surface area contributed by atoms with E-state index < -0.39 is 0 Å². The van der Waals surface area contributed by atoms with Crippen LogP contribution in [0, 0.1) is 0 Å². The second-order valence-corrected chi connectivity index (χ2v) is 7.20. The first-order valence-corrected chi connectivity index (χ1v) is 6.59. The second-order valence-electron chi connectivity index (χ2n) is 2.76. The van der Waals surface area contributed by atoms with E-state index in [1.165, 1.54) is 10.4 Å². The minimum atomic E-state index is -0.334. The summed E-state index contributed by atoms with van der Waals surface area (Å²) in [5, 5.41) is 2.92. The van der Waals surface area contributed by atoms with Crippen molar-refractivity contribution in [2.45, 2.75) is 27.7 Å². The molecule has 0 aliphatic heterocycles. The summed E-state index contributed by atoms with van der Waals surface area (Å²) < 4.78 is 5.68. The van der Waals surface area contributed by atoms with Crippen LogP contribution in [0.2, 0.25) is 0 Å². The molecule has 0 aliphatic carbocycles. The molecule has 3 heteroatoms. The molecular formula is C8H18OSi2. The Morgan fingerprint density at radius 3 is 1.64 bits per heavy atom. The Labute approximate surface area is 74.4 Å². The van der Waals surface area contributed by atoms with Crippen LogP contribution in [0.15, 0.2) is 22.5 Å². The van der Waals surface area contributed by atoms with Gasteiger partial charge in [-0.25, -0.2) is 0 Å². The van der Waals surface area contributed by atoms with Crippen LogP contribution in [-0.4, -0.2) is 19.5 Å². The van der Waals surface area contributed by atoms with Crippen molar-refractivity contribution in [1.29, 1.82) is 0 Å². The van der Waals surface area contributed by atoms with Gasteiger partial charge in [0.15, 0.2) is 19.5 Å². The summed E-state index contributed by atoms with van der Waals surface area (Å²) in [4.78, 5) is 0. The van der Waals surface area contributed by atoms with Crippen molar-refractivity contribution in [2.24, 2.45) is 0 Å². The molecule has 0 spiro atoms. The maximum atomic E-state index is 5.68. The standard InChI is InChI=1S/C8H18OSi2/c1-5-7(3)10-9-11-8(4)6-2/h5-6H,10-11H2,1-4H3. The van der Waals surface area contributed by atoms with Crippen LogP contribution in [0.4, 0.5) is 0 Å². The Morgan fingerprint density at radius 1 is 1.00 bits per heavy atom. The lowest BCUT2D eigenvalue weighted by atomic mass is 10.6. The molecule has 0 heterocycles. The number of hydrogen-bond acceptors (Lipinski definition) is 1. The Hall–Kier alpha value is -0.126. The van der Waals surface area contributed by atoms with Crippen molar-refractivity contribution in [3.05, 3.63) is 22.5 Å². The highest BCUT2D eigenvalue weighted by atomic mass is 28.3. The molecule has 0 bridgehead atoms. The minimum absolute atomic E-state index is 0.334. The van der Waals surface area contributed by atoms with E-state index in [1.807, 2.05) is 0 Å². The molecule has 0 amide bonds. The highest BCUT2D eigenvalue weighted by Crippen LogP contribution is 1.92. The van der Waals surface area contributed by atoms with Crippen molar-refractivity contribution in [1.82, 2.24) is 0 Å². The molecule has 1 nitrogen and oxygen atoms in total. The lowest BCUT2D eigenvalue weighted by molar-refractivity contribution is 0.653. The maximum absolute atomic E-state index is 5.68. The summed E-state index contributed by atoms with van der Waals surface area (Å²) in [6.07, 6.45) is 4.32. The van der Waals surface area contributed by atoms with Gasteiger partial charge in [0, 0.05) is 0 Å². The molecule has 0 unspecified atom stereocenters. The third kappa shape index (κ3) is 6.28. The molecule has 0 saturated heterocycles. The molecule has 0 aliphatic rings. The fourth-order valence-corrected chi connectivity index (χ4v) is 3.86. The number of hydrogen-bond donors (Lipinski definition) is 0. The minimum Gasteiger partial charge on any atom is -0.458 e. The first-order chi connectivity index (χ1) is 5.20. The Morgan fingerprint density at radius 2 is 1.36 bits per heavy atom. The summed E-state index contributed by atoms with van der Waals surface area (Å²) in [6.45, 7) is 8.47. The first-order valence-electron chi connectivity index (χ1n) is 4.02. The van der Waals surface area contributed by atoms with E-state index in [2.05, 4.69) is 39.8 Å². The molecule has 64 valence electrons. The molecule has 0 N–H and O–H groups in total. The third-order valence-corrected chi connectivity index (χ3v) is 5.01. The van der Waals surface area contributed by atoms with Crippen LogP contribution >= 0.6 is 0 Å². The van der Waals surface area contributed by atoms with Gasteiger partial charge in [-0.3, -0.25) is 0 Å². The first kappa shape index (κ1) is 10.9.